The van der Waals surface area contributed by atoms with E-state index in [4.69, 9.17) is 10.3 Å². The van der Waals surface area contributed by atoms with Crippen molar-refractivity contribution in [2.75, 3.05) is 5.73 Å². The maximum Gasteiger partial charge on any atom is 0.225 e. The van der Waals surface area contributed by atoms with Crippen LogP contribution in [-0.4, -0.2) is 5.16 Å². The quantitative estimate of drug-likeness (QED) is 0.738. The van der Waals surface area contributed by atoms with E-state index in [1.807, 2.05) is 0 Å². The first kappa shape index (κ1) is 9.10. The third-order valence-corrected chi connectivity index (χ3v) is 1.91. The molecule has 0 aliphatic carbocycles. The van der Waals surface area contributed by atoms with E-state index in [9.17, 15) is 0 Å². The molecule has 12 heavy (non-hydrogen) atoms. The zero-order chi connectivity index (χ0) is 9.30. The van der Waals surface area contributed by atoms with Gasteiger partial charge in [-0.1, -0.05) is 32.9 Å². The Morgan fingerprint density at radius 3 is 2.08 bits per heavy atom. The van der Waals surface area contributed by atoms with E-state index >= 15 is 0 Å². The van der Waals surface area contributed by atoms with Gasteiger partial charge in [0.15, 0.2) is 0 Å². The Balaban J connectivity index is 3.12. The van der Waals surface area contributed by atoms with Crippen LogP contribution >= 0.6 is 0 Å². The van der Waals surface area contributed by atoms with Crippen molar-refractivity contribution >= 4 is 5.88 Å². The van der Waals surface area contributed by atoms with E-state index in [1.54, 1.807) is 0 Å². The Kier molecular flexibility index (Phi) is 2.40. The highest BCUT2D eigenvalue weighted by molar-refractivity contribution is 5.42. The minimum atomic E-state index is 0.378. The van der Waals surface area contributed by atoms with Crippen molar-refractivity contribution in [3.05, 3.63) is 11.3 Å². The molecule has 0 bridgehead atoms. The van der Waals surface area contributed by atoms with E-state index in [0.717, 1.165) is 11.3 Å². The highest BCUT2D eigenvalue weighted by atomic mass is 16.5. The lowest BCUT2D eigenvalue weighted by Crippen LogP contribution is -1.98. The molecule has 0 unspecified atom stereocenters. The molecule has 0 aliphatic rings. The molecule has 1 rings (SSSR count). The summed E-state index contributed by atoms with van der Waals surface area (Å²) in [5.74, 6) is 1.23. The number of aromatic nitrogens is 1. The number of anilines is 1. The lowest BCUT2D eigenvalue weighted by Gasteiger charge is -2.06. The highest BCUT2D eigenvalue weighted by Gasteiger charge is 2.18. The molecule has 0 atom stereocenters. The zero-order valence-electron chi connectivity index (χ0n) is 8.09. The minimum Gasteiger partial charge on any atom is -0.367 e. The lowest BCUT2D eigenvalue weighted by atomic mass is 9.97. The van der Waals surface area contributed by atoms with Gasteiger partial charge in [0, 0.05) is 5.56 Å². The van der Waals surface area contributed by atoms with Crippen LogP contribution in [0.3, 0.4) is 0 Å². The molecule has 0 aromatic carbocycles. The van der Waals surface area contributed by atoms with Gasteiger partial charge >= 0.3 is 0 Å². The minimum absolute atomic E-state index is 0.378. The number of nitrogens with zero attached hydrogens (tertiary/aromatic N) is 1. The van der Waals surface area contributed by atoms with Crippen LogP contribution in [0.5, 0.6) is 0 Å². The molecule has 0 amide bonds. The third kappa shape index (κ3) is 1.44. The summed E-state index contributed by atoms with van der Waals surface area (Å²) in [6.07, 6.45) is 0. The molecule has 2 N–H and O–H groups in total. The number of rotatable bonds is 2. The van der Waals surface area contributed by atoms with Crippen LogP contribution in [0.4, 0.5) is 5.88 Å². The molecule has 0 spiro atoms. The number of nitrogens with two attached hydrogens (primary N) is 1. The lowest BCUT2D eigenvalue weighted by molar-refractivity contribution is 0.423. The molecule has 0 saturated carbocycles. The van der Waals surface area contributed by atoms with Gasteiger partial charge < -0.3 is 10.3 Å². The fraction of sp³-hybridized carbons (Fsp3) is 0.667. The fourth-order valence-corrected chi connectivity index (χ4v) is 1.32. The fourth-order valence-electron chi connectivity index (χ4n) is 1.32. The van der Waals surface area contributed by atoms with E-state index < -0.39 is 0 Å². The summed E-state index contributed by atoms with van der Waals surface area (Å²) in [6.45, 7) is 8.36. The van der Waals surface area contributed by atoms with Crippen molar-refractivity contribution in [3.8, 4) is 0 Å². The highest BCUT2D eigenvalue weighted by Crippen LogP contribution is 2.29. The monoisotopic (exact) mass is 168 g/mol. The van der Waals surface area contributed by atoms with Crippen LogP contribution in [0.2, 0.25) is 0 Å². The smallest absolute Gasteiger partial charge is 0.225 e. The molecule has 0 aliphatic heterocycles. The normalized spacial score (nSPS) is 11.5. The first-order valence-corrected chi connectivity index (χ1v) is 4.29. The van der Waals surface area contributed by atoms with Crippen LogP contribution < -0.4 is 5.73 Å². The Labute approximate surface area is 72.9 Å². The van der Waals surface area contributed by atoms with Crippen molar-refractivity contribution in [1.29, 1.82) is 0 Å². The van der Waals surface area contributed by atoms with Crippen molar-refractivity contribution < 1.29 is 4.52 Å². The molecule has 0 fully saturated rings. The Bertz CT molecular complexity index is 263. The number of hydrogen-bond acceptors (Lipinski definition) is 3. The predicted molar refractivity (Wildman–Crippen MR) is 49.1 cm³/mol. The van der Waals surface area contributed by atoms with Gasteiger partial charge in [-0.15, -0.1) is 0 Å². The summed E-state index contributed by atoms with van der Waals surface area (Å²) in [5.41, 5.74) is 7.70. The molecule has 0 saturated heterocycles. The van der Waals surface area contributed by atoms with Gasteiger partial charge in [-0.2, -0.15) is 0 Å². The van der Waals surface area contributed by atoms with Crippen LogP contribution in [0.25, 0.3) is 0 Å². The van der Waals surface area contributed by atoms with E-state index in [1.165, 1.54) is 0 Å². The Hall–Kier alpha value is -0.990. The third-order valence-electron chi connectivity index (χ3n) is 1.91. The summed E-state index contributed by atoms with van der Waals surface area (Å²) < 4.78 is 4.95. The topological polar surface area (TPSA) is 52.0 Å². The van der Waals surface area contributed by atoms with Crippen LogP contribution in [-0.2, 0) is 0 Å². The van der Waals surface area contributed by atoms with Gasteiger partial charge in [-0.05, 0) is 11.8 Å². The predicted octanol–water partition coefficient (Wildman–Crippen LogP) is 2.50. The van der Waals surface area contributed by atoms with Gasteiger partial charge in [-0.25, -0.2) is 0 Å². The van der Waals surface area contributed by atoms with Gasteiger partial charge in [-0.3, -0.25) is 0 Å². The molecule has 1 aromatic heterocycles. The molecule has 3 nitrogen and oxygen atoms in total. The zero-order valence-corrected chi connectivity index (χ0v) is 8.09. The van der Waals surface area contributed by atoms with Crippen LogP contribution in [0.1, 0.15) is 50.8 Å². The summed E-state index contributed by atoms with van der Waals surface area (Å²) in [7, 11) is 0. The van der Waals surface area contributed by atoms with Crippen molar-refractivity contribution in [2.24, 2.45) is 0 Å². The summed E-state index contributed by atoms with van der Waals surface area (Å²) in [5, 5.41) is 3.94. The second-order valence-corrected chi connectivity index (χ2v) is 3.66. The Morgan fingerprint density at radius 2 is 1.75 bits per heavy atom. The molecule has 3 heteroatoms. The SMILES string of the molecule is CC(C)c1noc(N)c1C(C)C. The first-order valence-electron chi connectivity index (χ1n) is 4.29. The average Bonchev–Trinajstić information content (AvgIpc) is 2.30. The summed E-state index contributed by atoms with van der Waals surface area (Å²) in [6, 6.07) is 0. The van der Waals surface area contributed by atoms with Gasteiger partial charge in [0.05, 0.1) is 5.69 Å². The molecular weight excluding hydrogens is 152 g/mol. The molecular formula is C9H16N2O. The largest absolute Gasteiger partial charge is 0.367 e. The first-order chi connectivity index (χ1) is 5.54. The van der Waals surface area contributed by atoms with E-state index in [0.29, 0.717) is 17.7 Å². The summed E-state index contributed by atoms with van der Waals surface area (Å²) in [4.78, 5) is 0. The van der Waals surface area contributed by atoms with Crippen LogP contribution in [0, 0.1) is 0 Å². The molecule has 1 heterocycles. The van der Waals surface area contributed by atoms with E-state index in [2.05, 4.69) is 32.9 Å². The Morgan fingerprint density at radius 1 is 1.17 bits per heavy atom. The maximum atomic E-state index is 5.65. The summed E-state index contributed by atoms with van der Waals surface area (Å²) >= 11 is 0. The number of nitrogen functional groups attached to an aromatic ring is 1. The molecule has 68 valence electrons. The molecule has 1 aromatic rings. The van der Waals surface area contributed by atoms with Crippen LogP contribution in [0.15, 0.2) is 4.52 Å². The maximum absolute atomic E-state index is 5.65. The van der Waals surface area contributed by atoms with Gasteiger partial charge in [0.25, 0.3) is 0 Å². The van der Waals surface area contributed by atoms with Crippen molar-refractivity contribution in [1.82, 2.24) is 5.16 Å². The standard InChI is InChI=1S/C9H16N2O/c1-5(2)7-8(6(3)4)11-12-9(7)10/h5-6H,10H2,1-4H3. The average molecular weight is 168 g/mol. The van der Waals surface area contributed by atoms with Gasteiger partial charge in [0.1, 0.15) is 0 Å². The van der Waals surface area contributed by atoms with E-state index in [-0.39, 0.29) is 0 Å². The van der Waals surface area contributed by atoms with Gasteiger partial charge in [0.2, 0.25) is 5.88 Å². The second kappa shape index (κ2) is 3.17. The second-order valence-electron chi connectivity index (χ2n) is 3.66. The van der Waals surface area contributed by atoms with Crippen molar-refractivity contribution in [2.45, 2.75) is 39.5 Å². The van der Waals surface area contributed by atoms with Crippen molar-refractivity contribution in [3.63, 3.8) is 0 Å². The molecule has 0 radical (unpaired) electrons. The number of hydrogen-bond donors (Lipinski definition) is 1.